The first-order chi connectivity index (χ1) is 17.4. The van der Waals surface area contributed by atoms with Crippen molar-refractivity contribution < 1.29 is 33.0 Å². The number of hydrogen-bond donors (Lipinski definition) is 1. The van der Waals surface area contributed by atoms with Crippen LogP contribution in [0.1, 0.15) is 17.7 Å². The molecule has 0 saturated carbocycles. The molecule has 1 aliphatic heterocycles. The van der Waals surface area contributed by atoms with Gasteiger partial charge in [-0.15, -0.1) is 0 Å². The molecule has 4 rings (SSSR count). The monoisotopic (exact) mass is 510 g/mol. The largest absolute Gasteiger partial charge is 0.493 e. The molecule has 1 fully saturated rings. The Morgan fingerprint density at radius 1 is 1.00 bits per heavy atom. The van der Waals surface area contributed by atoms with Crippen LogP contribution in [0.2, 0.25) is 5.02 Å². The molecule has 10 heteroatoms. The quantitative estimate of drug-likeness (QED) is 0.244. The van der Waals surface area contributed by atoms with Gasteiger partial charge in [-0.3, -0.25) is 19.8 Å². The molecule has 1 N–H and O–H groups in total. The van der Waals surface area contributed by atoms with Gasteiger partial charge in [0.2, 0.25) is 0 Å². The number of amides is 4. The first-order valence-corrected chi connectivity index (χ1v) is 11.4. The number of ether oxygens (including phenoxy) is 3. The second-order valence-electron chi connectivity index (χ2n) is 7.70. The SMILES string of the molecule is COc1cc(C=C2C(=O)NC(=O)N(Cc3ccco3)C2=O)ccc1OCCCOc1ccc(Cl)cc1. The summed E-state index contributed by atoms with van der Waals surface area (Å²) in [6.07, 6.45) is 3.46. The van der Waals surface area contributed by atoms with Gasteiger partial charge in [-0.05, 0) is 60.2 Å². The fourth-order valence-electron chi connectivity index (χ4n) is 3.42. The van der Waals surface area contributed by atoms with E-state index in [2.05, 4.69) is 5.32 Å². The zero-order valence-electron chi connectivity index (χ0n) is 19.4. The van der Waals surface area contributed by atoms with Crippen LogP contribution in [0.5, 0.6) is 17.2 Å². The molecule has 1 aromatic heterocycles. The van der Waals surface area contributed by atoms with Gasteiger partial charge in [0.25, 0.3) is 11.8 Å². The van der Waals surface area contributed by atoms with Gasteiger partial charge in [-0.1, -0.05) is 17.7 Å². The summed E-state index contributed by atoms with van der Waals surface area (Å²) in [5.41, 5.74) is 0.340. The van der Waals surface area contributed by atoms with E-state index in [1.807, 2.05) is 0 Å². The van der Waals surface area contributed by atoms with Crippen LogP contribution in [0.4, 0.5) is 4.79 Å². The van der Waals surface area contributed by atoms with E-state index in [0.717, 1.165) is 10.6 Å². The molecule has 0 atom stereocenters. The molecule has 1 aliphatic rings. The third-order valence-electron chi connectivity index (χ3n) is 5.21. The highest BCUT2D eigenvalue weighted by Gasteiger charge is 2.36. The first-order valence-electron chi connectivity index (χ1n) is 11.0. The van der Waals surface area contributed by atoms with Gasteiger partial charge < -0.3 is 18.6 Å². The number of barbiturate groups is 1. The van der Waals surface area contributed by atoms with E-state index in [1.54, 1.807) is 54.6 Å². The molecular weight excluding hydrogens is 488 g/mol. The van der Waals surface area contributed by atoms with Crippen LogP contribution in [0.15, 0.2) is 70.9 Å². The van der Waals surface area contributed by atoms with Crippen molar-refractivity contribution in [3.8, 4) is 17.2 Å². The summed E-state index contributed by atoms with van der Waals surface area (Å²) in [5.74, 6) is 0.560. The Labute approximate surface area is 212 Å². The molecular formula is C26H23ClN2O7. The zero-order chi connectivity index (χ0) is 25.5. The van der Waals surface area contributed by atoms with E-state index in [-0.39, 0.29) is 12.1 Å². The average Bonchev–Trinajstić information content (AvgIpc) is 3.39. The molecule has 1 saturated heterocycles. The number of carbonyl (C=O) groups excluding carboxylic acids is 3. The summed E-state index contributed by atoms with van der Waals surface area (Å²) in [7, 11) is 1.49. The number of carbonyl (C=O) groups is 3. The lowest BCUT2D eigenvalue weighted by Gasteiger charge is -2.25. The van der Waals surface area contributed by atoms with Crippen LogP contribution in [-0.2, 0) is 16.1 Å². The highest BCUT2D eigenvalue weighted by Crippen LogP contribution is 2.29. The number of benzene rings is 2. The Bertz CT molecular complexity index is 1270. The number of rotatable bonds is 10. The highest BCUT2D eigenvalue weighted by atomic mass is 35.5. The van der Waals surface area contributed by atoms with Crippen molar-refractivity contribution in [3.05, 3.63) is 82.8 Å². The van der Waals surface area contributed by atoms with Crippen molar-refractivity contribution in [1.82, 2.24) is 10.2 Å². The average molecular weight is 511 g/mol. The lowest BCUT2D eigenvalue weighted by molar-refractivity contribution is -0.130. The third-order valence-corrected chi connectivity index (χ3v) is 5.46. The summed E-state index contributed by atoms with van der Waals surface area (Å²) >= 11 is 5.86. The second kappa shape index (κ2) is 11.5. The first kappa shape index (κ1) is 24.9. The van der Waals surface area contributed by atoms with E-state index in [9.17, 15) is 14.4 Å². The van der Waals surface area contributed by atoms with Crippen LogP contribution in [0.25, 0.3) is 6.08 Å². The molecule has 186 valence electrons. The van der Waals surface area contributed by atoms with Crippen molar-refractivity contribution in [1.29, 1.82) is 0 Å². The van der Waals surface area contributed by atoms with Crippen LogP contribution < -0.4 is 19.5 Å². The van der Waals surface area contributed by atoms with E-state index in [4.69, 9.17) is 30.2 Å². The number of nitrogens with zero attached hydrogens (tertiary/aromatic N) is 1. The fourth-order valence-corrected chi connectivity index (χ4v) is 3.54. The maximum absolute atomic E-state index is 12.9. The zero-order valence-corrected chi connectivity index (χ0v) is 20.1. The Kier molecular flexibility index (Phi) is 7.92. The number of imide groups is 2. The Hall–Kier alpha value is -4.24. The third kappa shape index (κ3) is 6.05. The van der Waals surface area contributed by atoms with Gasteiger partial charge in [0, 0.05) is 11.4 Å². The molecule has 36 heavy (non-hydrogen) atoms. The van der Waals surface area contributed by atoms with Crippen molar-refractivity contribution in [2.45, 2.75) is 13.0 Å². The Morgan fingerprint density at radius 2 is 1.78 bits per heavy atom. The summed E-state index contributed by atoms with van der Waals surface area (Å²) in [6.45, 7) is 0.744. The minimum atomic E-state index is -0.806. The van der Waals surface area contributed by atoms with Crippen molar-refractivity contribution in [2.24, 2.45) is 0 Å². The molecule has 2 heterocycles. The van der Waals surface area contributed by atoms with Gasteiger partial charge in [0.15, 0.2) is 11.5 Å². The summed E-state index contributed by atoms with van der Waals surface area (Å²) in [5, 5.41) is 2.82. The molecule has 0 bridgehead atoms. The van der Waals surface area contributed by atoms with Gasteiger partial charge in [-0.2, -0.15) is 0 Å². The van der Waals surface area contributed by atoms with E-state index in [0.29, 0.717) is 47.5 Å². The second-order valence-corrected chi connectivity index (χ2v) is 8.14. The van der Waals surface area contributed by atoms with Crippen LogP contribution in [0.3, 0.4) is 0 Å². The number of halogens is 1. The molecule has 0 unspecified atom stereocenters. The van der Waals surface area contributed by atoms with Gasteiger partial charge >= 0.3 is 6.03 Å². The normalized spacial score (nSPS) is 14.7. The van der Waals surface area contributed by atoms with E-state index < -0.39 is 17.8 Å². The minimum Gasteiger partial charge on any atom is -0.493 e. The Morgan fingerprint density at radius 3 is 2.50 bits per heavy atom. The molecule has 3 aromatic rings. The predicted octanol–water partition coefficient (Wildman–Crippen LogP) is 4.45. The topological polar surface area (TPSA) is 107 Å². The molecule has 0 radical (unpaired) electrons. The van der Waals surface area contributed by atoms with Crippen molar-refractivity contribution >= 4 is 35.5 Å². The number of methoxy groups -OCH3 is 1. The fraction of sp³-hybridized carbons (Fsp3) is 0.192. The van der Waals surface area contributed by atoms with Crippen LogP contribution in [0, 0.1) is 0 Å². The number of urea groups is 1. The molecule has 9 nitrogen and oxygen atoms in total. The molecule has 0 spiro atoms. The number of nitrogens with one attached hydrogen (secondary N) is 1. The smallest absolute Gasteiger partial charge is 0.331 e. The van der Waals surface area contributed by atoms with Crippen molar-refractivity contribution in [2.75, 3.05) is 20.3 Å². The molecule has 4 amide bonds. The van der Waals surface area contributed by atoms with E-state index in [1.165, 1.54) is 19.4 Å². The summed E-state index contributed by atoms with van der Waals surface area (Å²) in [4.78, 5) is 38.3. The predicted molar refractivity (Wildman–Crippen MR) is 131 cm³/mol. The maximum atomic E-state index is 12.9. The minimum absolute atomic E-state index is 0.0971. The standard InChI is InChI=1S/C26H23ClN2O7/c1-33-23-15-17(5-10-22(23)36-13-3-12-34-19-8-6-18(27)7-9-19)14-21-24(30)28-26(32)29(25(21)31)16-20-4-2-11-35-20/h2,4-11,14-15H,3,12-13,16H2,1H3,(H,28,30,32). The van der Waals surface area contributed by atoms with Crippen molar-refractivity contribution in [3.63, 3.8) is 0 Å². The number of hydrogen-bond acceptors (Lipinski definition) is 7. The lowest BCUT2D eigenvalue weighted by Crippen LogP contribution is -2.53. The number of furan rings is 1. The Balaban J connectivity index is 1.39. The summed E-state index contributed by atoms with van der Waals surface area (Å²) < 4.78 is 22.1. The molecule has 2 aromatic carbocycles. The van der Waals surface area contributed by atoms with E-state index >= 15 is 0 Å². The lowest BCUT2D eigenvalue weighted by atomic mass is 10.1. The van der Waals surface area contributed by atoms with Gasteiger partial charge in [-0.25, -0.2) is 4.79 Å². The summed E-state index contributed by atoms with van der Waals surface area (Å²) in [6, 6.07) is 14.6. The molecule has 0 aliphatic carbocycles. The highest BCUT2D eigenvalue weighted by molar-refractivity contribution is 6.31. The van der Waals surface area contributed by atoms with Crippen LogP contribution in [-0.4, -0.2) is 43.1 Å². The van der Waals surface area contributed by atoms with Crippen LogP contribution >= 0.6 is 11.6 Å². The van der Waals surface area contributed by atoms with Gasteiger partial charge in [0.05, 0.1) is 33.1 Å². The maximum Gasteiger partial charge on any atom is 0.331 e. The van der Waals surface area contributed by atoms with Gasteiger partial charge in [0.1, 0.15) is 17.1 Å².